The lowest BCUT2D eigenvalue weighted by Gasteiger charge is -2.01. The first kappa shape index (κ1) is 9.43. The fraction of sp³-hybridized carbons (Fsp3) is 0.200. The molecule has 0 fully saturated rings. The summed E-state index contributed by atoms with van der Waals surface area (Å²) in [4.78, 5) is 0.691. The van der Waals surface area contributed by atoms with E-state index in [4.69, 9.17) is 5.73 Å². The second-order valence-electron chi connectivity index (χ2n) is 3.36. The first-order chi connectivity index (χ1) is 6.55. The highest BCUT2D eigenvalue weighted by atomic mass is 32.2. The third-order valence-corrected chi connectivity index (χ3v) is 4.23. The maximum Gasteiger partial charge on any atom is 0.204 e. The predicted molar refractivity (Wildman–Crippen MR) is 55.4 cm³/mol. The van der Waals surface area contributed by atoms with Crippen LogP contribution in [-0.4, -0.2) is 15.0 Å². The average molecular weight is 209 g/mol. The van der Waals surface area contributed by atoms with Gasteiger partial charge in [-0.15, -0.1) is 0 Å². The second-order valence-corrected chi connectivity index (χ2v) is 5.33. The summed E-state index contributed by atoms with van der Waals surface area (Å²) in [5, 5.41) is 0. The molecule has 0 saturated carbocycles. The van der Waals surface area contributed by atoms with Gasteiger partial charge in [-0.25, -0.2) is 8.42 Å². The molecule has 0 aliphatic carbocycles. The topological polar surface area (TPSA) is 60.2 Å². The lowest BCUT2D eigenvalue weighted by atomic mass is 10.1. The Morgan fingerprint density at radius 3 is 2.71 bits per heavy atom. The Morgan fingerprint density at radius 2 is 2.07 bits per heavy atom. The van der Waals surface area contributed by atoms with Gasteiger partial charge in [0.2, 0.25) is 9.84 Å². The molecule has 4 heteroatoms. The molecule has 3 nitrogen and oxygen atoms in total. The van der Waals surface area contributed by atoms with Crippen LogP contribution < -0.4 is 5.73 Å². The van der Waals surface area contributed by atoms with Gasteiger partial charge in [-0.1, -0.05) is 12.1 Å². The predicted octanol–water partition coefficient (Wildman–Crippen LogP) is 1.08. The number of sulfone groups is 1. The van der Waals surface area contributed by atoms with Gasteiger partial charge in [0, 0.05) is 6.54 Å². The number of hydrogen-bond acceptors (Lipinski definition) is 3. The molecule has 1 aliphatic rings. The molecule has 2 rings (SSSR count). The molecule has 74 valence electrons. The minimum Gasteiger partial charge on any atom is -0.326 e. The number of nitrogens with two attached hydrogens (primary N) is 1. The number of hydrogen-bond donors (Lipinski definition) is 1. The molecule has 0 bridgehead atoms. The highest BCUT2D eigenvalue weighted by Crippen LogP contribution is 2.32. The first-order valence-corrected chi connectivity index (χ1v) is 5.80. The molecule has 1 aromatic carbocycles. The van der Waals surface area contributed by atoms with E-state index in [2.05, 4.69) is 0 Å². The highest BCUT2D eigenvalue weighted by molar-refractivity contribution is 7.95. The number of benzene rings is 1. The summed E-state index contributed by atoms with van der Waals surface area (Å²) in [7, 11) is -3.28. The molecule has 0 amide bonds. The van der Waals surface area contributed by atoms with Gasteiger partial charge in [0.15, 0.2) is 0 Å². The minimum atomic E-state index is -3.28. The fourth-order valence-electron chi connectivity index (χ4n) is 1.55. The van der Waals surface area contributed by atoms with E-state index in [0.717, 1.165) is 11.1 Å². The molecule has 1 aromatic rings. The number of rotatable bonds is 1. The van der Waals surface area contributed by atoms with Gasteiger partial charge in [-0.2, -0.15) is 0 Å². The van der Waals surface area contributed by atoms with Crippen molar-refractivity contribution in [2.24, 2.45) is 5.73 Å². The van der Waals surface area contributed by atoms with Gasteiger partial charge in [0.1, 0.15) is 0 Å². The maximum absolute atomic E-state index is 11.8. The van der Waals surface area contributed by atoms with Crippen molar-refractivity contribution in [1.29, 1.82) is 0 Å². The van der Waals surface area contributed by atoms with Crippen LogP contribution >= 0.6 is 0 Å². The quantitative estimate of drug-likeness (QED) is 0.753. The third-order valence-electron chi connectivity index (χ3n) is 2.32. The maximum atomic E-state index is 11.8. The Kier molecular flexibility index (Phi) is 1.97. The van der Waals surface area contributed by atoms with Gasteiger partial charge in [-0.3, -0.25) is 0 Å². The highest BCUT2D eigenvalue weighted by Gasteiger charge is 2.28. The van der Waals surface area contributed by atoms with Crippen LogP contribution in [0.2, 0.25) is 0 Å². The summed E-state index contributed by atoms with van der Waals surface area (Å²) in [6, 6.07) is 5.39. The molecule has 0 unspecified atom stereocenters. The Labute approximate surface area is 83.2 Å². The molecule has 1 heterocycles. The fourth-order valence-corrected chi connectivity index (χ4v) is 3.12. The standard InChI is InChI=1S/C10H11NO2S/c1-7-2-3-8-5-9(6-11)14(12,13)10(8)4-7/h2-5H,6,11H2,1H3. The summed E-state index contributed by atoms with van der Waals surface area (Å²) in [6.07, 6.45) is 1.64. The molecule has 14 heavy (non-hydrogen) atoms. The van der Waals surface area contributed by atoms with Gasteiger partial charge in [-0.05, 0) is 30.2 Å². The SMILES string of the molecule is Cc1ccc2c(c1)S(=O)(=O)C(CN)=C2. The van der Waals surface area contributed by atoms with Crippen LogP contribution in [0.3, 0.4) is 0 Å². The van der Waals surface area contributed by atoms with Crippen molar-refractivity contribution in [2.45, 2.75) is 11.8 Å². The van der Waals surface area contributed by atoms with Gasteiger partial charge < -0.3 is 5.73 Å². The third kappa shape index (κ3) is 1.19. The first-order valence-electron chi connectivity index (χ1n) is 4.32. The molecule has 2 N–H and O–H groups in total. The second kappa shape index (κ2) is 2.93. The minimum absolute atomic E-state index is 0.0655. The van der Waals surface area contributed by atoms with Gasteiger partial charge in [0.25, 0.3) is 0 Å². The van der Waals surface area contributed by atoms with E-state index in [9.17, 15) is 8.42 Å². The van der Waals surface area contributed by atoms with Crippen molar-refractivity contribution in [3.05, 3.63) is 34.2 Å². The van der Waals surface area contributed by atoms with E-state index in [1.807, 2.05) is 19.1 Å². The van der Waals surface area contributed by atoms with Crippen molar-refractivity contribution in [1.82, 2.24) is 0 Å². The van der Waals surface area contributed by atoms with Gasteiger partial charge in [0.05, 0.1) is 9.80 Å². The van der Waals surface area contributed by atoms with Gasteiger partial charge >= 0.3 is 0 Å². The molecule has 0 atom stereocenters. The molecule has 1 aliphatic heterocycles. The van der Waals surface area contributed by atoms with Crippen molar-refractivity contribution in [3.8, 4) is 0 Å². The van der Waals surface area contributed by atoms with E-state index in [1.165, 1.54) is 0 Å². The van der Waals surface area contributed by atoms with Crippen LogP contribution in [0.1, 0.15) is 11.1 Å². The molecule has 0 spiro atoms. The molecular formula is C10H11NO2S. The van der Waals surface area contributed by atoms with Crippen molar-refractivity contribution < 1.29 is 8.42 Å². The normalized spacial score (nSPS) is 17.7. The zero-order valence-electron chi connectivity index (χ0n) is 7.82. The summed E-state index contributed by atoms with van der Waals surface area (Å²) in [5.41, 5.74) is 7.07. The molecule has 0 radical (unpaired) electrons. The molecular weight excluding hydrogens is 198 g/mol. The van der Waals surface area contributed by atoms with Crippen LogP contribution in [0.5, 0.6) is 0 Å². The molecule has 0 saturated heterocycles. The smallest absolute Gasteiger partial charge is 0.204 e. The van der Waals surface area contributed by atoms with Crippen molar-refractivity contribution >= 4 is 15.9 Å². The Hall–Kier alpha value is -1.13. The van der Waals surface area contributed by atoms with E-state index in [0.29, 0.717) is 9.80 Å². The summed E-state index contributed by atoms with van der Waals surface area (Å²) in [6.45, 7) is 1.94. The van der Waals surface area contributed by atoms with Crippen LogP contribution in [0.25, 0.3) is 6.08 Å². The van der Waals surface area contributed by atoms with E-state index in [-0.39, 0.29) is 6.54 Å². The largest absolute Gasteiger partial charge is 0.326 e. The Bertz CT molecular complexity index is 515. The lowest BCUT2D eigenvalue weighted by molar-refractivity contribution is 0.602. The Balaban J connectivity index is 2.71. The van der Waals surface area contributed by atoms with Crippen LogP contribution in [0.15, 0.2) is 28.0 Å². The Morgan fingerprint density at radius 1 is 1.36 bits per heavy atom. The van der Waals surface area contributed by atoms with E-state index < -0.39 is 9.84 Å². The number of fused-ring (bicyclic) bond motifs is 1. The van der Waals surface area contributed by atoms with E-state index >= 15 is 0 Å². The van der Waals surface area contributed by atoms with Crippen molar-refractivity contribution in [3.63, 3.8) is 0 Å². The molecule has 0 aromatic heterocycles. The van der Waals surface area contributed by atoms with Crippen LogP contribution in [-0.2, 0) is 9.84 Å². The van der Waals surface area contributed by atoms with E-state index in [1.54, 1.807) is 12.1 Å². The summed E-state index contributed by atoms with van der Waals surface area (Å²) in [5.74, 6) is 0. The summed E-state index contributed by atoms with van der Waals surface area (Å²) < 4.78 is 23.6. The van der Waals surface area contributed by atoms with Crippen LogP contribution in [0.4, 0.5) is 0 Å². The average Bonchev–Trinajstić information content (AvgIpc) is 2.38. The summed E-state index contributed by atoms with van der Waals surface area (Å²) >= 11 is 0. The van der Waals surface area contributed by atoms with Crippen LogP contribution in [0, 0.1) is 6.92 Å². The monoisotopic (exact) mass is 209 g/mol. The number of aryl methyl sites for hydroxylation is 1. The zero-order valence-corrected chi connectivity index (χ0v) is 8.64. The van der Waals surface area contributed by atoms with Crippen molar-refractivity contribution in [2.75, 3.05) is 6.54 Å². The zero-order chi connectivity index (χ0) is 10.3. The lowest BCUT2D eigenvalue weighted by Crippen LogP contribution is -2.10.